The number of nitrogens with one attached hydrogen (secondary N) is 2. The summed E-state index contributed by atoms with van der Waals surface area (Å²) >= 11 is 5.79. The molecule has 0 radical (unpaired) electrons. The second kappa shape index (κ2) is 8.77. The Morgan fingerprint density at radius 2 is 2.00 bits per heavy atom. The average molecular weight is 368 g/mol. The van der Waals surface area contributed by atoms with E-state index in [2.05, 4.69) is 15.0 Å². The molecule has 1 aromatic carbocycles. The largest absolute Gasteiger partial charge is 0.355 e. The van der Waals surface area contributed by atoms with Crippen LogP contribution in [0.2, 0.25) is 5.02 Å². The predicted octanol–water partition coefficient (Wildman–Crippen LogP) is 1.76. The normalized spacial score (nSPS) is 11.2. The van der Waals surface area contributed by atoms with E-state index in [9.17, 15) is 13.2 Å². The number of carbonyl (C=O) groups is 1. The van der Waals surface area contributed by atoms with Crippen molar-refractivity contribution in [3.05, 3.63) is 59.4 Å². The lowest BCUT2D eigenvalue weighted by Crippen LogP contribution is -2.34. The molecule has 6 nitrogen and oxygen atoms in total. The molecule has 0 saturated heterocycles. The van der Waals surface area contributed by atoms with Gasteiger partial charge in [-0.2, -0.15) is 0 Å². The molecule has 8 heteroatoms. The van der Waals surface area contributed by atoms with Crippen LogP contribution in [0.4, 0.5) is 0 Å². The summed E-state index contributed by atoms with van der Waals surface area (Å²) < 4.78 is 26.5. The molecule has 128 valence electrons. The van der Waals surface area contributed by atoms with E-state index in [1.54, 1.807) is 24.5 Å². The standard InChI is InChI=1S/C16H18ClN3O3S/c17-14-4-1-5-15(11-14)24(22,23)20-10-9-19-16(21)7-6-13-3-2-8-18-12-13/h1-5,8,11-12,20H,6-7,9-10H2,(H,19,21). The highest BCUT2D eigenvalue weighted by Gasteiger charge is 2.13. The molecule has 1 heterocycles. The van der Waals surface area contributed by atoms with Gasteiger partial charge in [0.1, 0.15) is 0 Å². The first kappa shape index (κ1) is 18.4. The number of pyridine rings is 1. The first-order valence-electron chi connectivity index (χ1n) is 7.38. The van der Waals surface area contributed by atoms with Gasteiger partial charge in [-0.15, -0.1) is 0 Å². The minimum Gasteiger partial charge on any atom is -0.355 e. The summed E-state index contributed by atoms with van der Waals surface area (Å²) in [6.45, 7) is 0.319. The van der Waals surface area contributed by atoms with Crippen molar-refractivity contribution in [3.8, 4) is 0 Å². The van der Waals surface area contributed by atoms with Crippen LogP contribution in [-0.4, -0.2) is 32.4 Å². The number of aryl methyl sites for hydroxylation is 1. The van der Waals surface area contributed by atoms with E-state index in [1.165, 1.54) is 12.1 Å². The first-order valence-corrected chi connectivity index (χ1v) is 9.24. The van der Waals surface area contributed by atoms with Gasteiger partial charge in [-0.3, -0.25) is 9.78 Å². The summed E-state index contributed by atoms with van der Waals surface area (Å²) in [5, 5.41) is 3.02. The van der Waals surface area contributed by atoms with Crippen molar-refractivity contribution in [3.63, 3.8) is 0 Å². The van der Waals surface area contributed by atoms with E-state index in [0.717, 1.165) is 5.56 Å². The van der Waals surface area contributed by atoms with Crippen LogP contribution in [0.5, 0.6) is 0 Å². The Balaban J connectivity index is 1.71. The average Bonchev–Trinajstić information content (AvgIpc) is 2.58. The van der Waals surface area contributed by atoms with E-state index < -0.39 is 10.0 Å². The van der Waals surface area contributed by atoms with E-state index in [4.69, 9.17) is 11.6 Å². The van der Waals surface area contributed by atoms with Crippen LogP contribution in [-0.2, 0) is 21.2 Å². The molecule has 1 aromatic heterocycles. The van der Waals surface area contributed by atoms with Gasteiger partial charge in [-0.05, 0) is 36.2 Å². The summed E-state index contributed by atoms with van der Waals surface area (Å²) in [6.07, 6.45) is 4.31. The van der Waals surface area contributed by atoms with Crippen molar-refractivity contribution in [2.45, 2.75) is 17.7 Å². The zero-order valence-electron chi connectivity index (χ0n) is 12.9. The van der Waals surface area contributed by atoms with Crippen molar-refractivity contribution in [2.75, 3.05) is 13.1 Å². The fourth-order valence-corrected chi connectivity index (χ4v) is 3.33. The minimum absolute atomic E-state index is 0.0953. The lowest BCUT2D eigenvalue weighted by Gasteiger charge is -2.08. The van der Waals surface area contributed by atoms with Crippen LogP contribution >= 0.6 is 11.6 Å². The molecule has 1 amide bonds. The molecule has 24 heavy (non-hydrogen) atoms. The SMILES string of the molecule is O=C(CCc1cccnc1)NCCNS(=O)(=O)c1cccc(Cl)c1. The molecule has 0 aliphatic rings. The van der Waals surface area contributed by atoms with E-state index in [1.807, 2.05) is 12.1 Å². The molecule has 2 N–H and O–H groups in total. The number of aromatic nitrogens is 1. The Hall–Kier alpha value is -1.96. The van der Waals surface area contributed by atoms with Gasteiger partial charge in [0.15, 0.2) is 0 Å². The van der Waals surface area contributed by atoms with Crippen molar-refractivity contribution in [1.82, 2.24) is 15.0 Å². The smallest absolute Gasteiger partial charge is 0.240 e. The Morgan fingerprint density at radius 3 is 2.71 bits per heavy atom. The molecule has 2 rings (SSSR count). The van der Waals surface area contributed by atoms with Crippen LogP contribution in [0.25, 0.3) is 0 Å². The number of hydrogen-bond acceptors (Lipinski definition) is 4. The van der Waals surface area contributed by atoms with Crippen LogP contribution < -0.4 is 10.0 Å². The molecule has 0 saturated carbocycles. The number of hydrogen-bond donors (Lipinski definition) is 2. The maximum Gasteiger partial charge on any atom is 0.240 e. The van der Waals surface area contributed by atoms with E-state index >= 15 is 0 Å². The van der Waals surface area contributed by atoms with Crippen LogP contribution in [0.1, 0.15) is 12.0 Å². The lowest BCUT2D eigenvalue weighted by molar-refractivity contribution is -0.121. The highest BCUT2D eigenvalue weighted by atomic mass is 35.5. The molecule has 0 aliphatic carbocycles. The fraction of sp³-hybridized carbons (Fsp3) is 0.250. The summed E-state index contributed by atoms with van der Waals surface area (Å²) in [6, 6.07) is 9.72. The molecule has 0 unspecified atom stereocenters. The van der Waals surface area contributed by atoms with Crippen molar-refractivity contribution in [2.24, 2.45) is 0 Å². The minimum atomic E-state index is -3.63. The van der Waals surface area contributed by atoms with E-state index in [0.29, 0.717) is 17.9 Å². The third-order valence-electron chi connectivity index (χ3n) is 3.21. The molecule has 2 aromatic rings. The number of halogens is 1. The number of sulfonamides is 1. The Bertz CT molecular complexity index is 782. The van der Waals surface area contributed by atoms with Gasteiger partial charge in [-0.1, -0.05) is 23.7 Å². The Kier molecular flexibility index (Phi) is 6.72. The molecular weight excluding hydrogens is 350 g/mol. The number of benzene rings is 1. The monoisotopic (exact) mass is 367 g/mol. The summed E-state index contributed by atoms with van der Waals surface area (Å²) in [4.78, 5) is 15.8. The molecule has 0 atom stereocenters. The maximum absolute atomic E-state index is 12.1. The third-order valence-corrected chi connectivity index (χ3v) is 4.90. The van der Waals surface area contributed by atoms with Crippen molar-refractivity contribution in [1.29, 1.82) is 0 Å². The summed E-state index contributed by atoms with van der Waals surface area (Å²) in [5.41, 5.74) is 0.981. The number of nitrogens with zero attached hydrogens (tertiary/aromatic N) is 1. The highest BCUT2D eigenvalue weighted by molar-refractivity contribution is 7.89. The third kappa shape index (κ3) is 5.92. The fourth-order valence-electron chi connectivity index (χ4n) is 2.00. The Morgan fingerprint density at radius 1 is 1.17 bits per heavy atom. The maximum atomic E-state index is 12.1. The van der Waals surface area contributed by atoms with Gasteiger partial charge in [-0.25, -0.2) is 13.1 Å². The molecule has 0 aliphatic heterocycles. The van der Waals surface area contributed by atoms with Crippen molar-refractivity contribution >= 4 is 27.5 Å². The second-order valence-corrected chi connectivity index (χ2v) is 7.27. The molecule has 0 spiro atoms. The predicted molar refractivity (Wildman–Crippen MR) is 92.2 cm³/mol. The summed E-state index contributed by atoms with van der Waals surface area (Å²) in [5.74, 6) is -0.138. The number of amides is 1. The van der Waals surface area contributed by atoms with Gasteiger partial charge >= 0.3 is 0 Å². The quantitative estimate of drug-likeness (QED) is 0.696. The summed E-state index contributed by atoms with van der Waals surface area (Å²) in [7, 11) is -3.63. The highest BCUT2D eigenvalue weighted by Crippen LogP contribution is 2.14. The van der Waals surface area contributed by atoms with Crippen LogP contribution in [0.3, 0.4) is 0 Å². The topological polar surface area (TPSA) is 88.2 Å². The second-order valence-electron chi connectivity index (χ2n) is 5.07. The van der Waals surface area contributed by atoms with Gasteiger partial charge in [0.2, 0.25) is 15.9 Å². The van der Waals surface area contributed by atoms with Gasteiger partial charge in [0.05, 0.1) is 4.90 Å². The Labute approximate surface area is 146 Å². The van der Waals surface area contributed by atoms with Gasteiger partial charge in [0, 0.05) is 36.9 Å². The van der Waals surface area contributed by atoms with E-state index in [-0.39, 0.29) is 23.9 Å². The molecular formula is C16H18ClN3O3S. The molecule has 0 bridgehead atoms. The van der Waals surface area contributed by atoms with Crippen molar-refractivity contribution < 1.29 is 13.2 Å². The zero-order chi connectivity index (χ0) is 17.4. The zero-order valence-corrected chi connectivity index (χ0v) is 14.5. The van der Waals surface area contributed by atoms with Gasteiger partial charge < -0.3 is 5.32 Å². The van der Waals surface area contributed by atoms with Crippen LogP contribution in [0.15, 0.2) is 53.7 Å². The first-order chi connectivity index (χ1) is 11.5. The van der Waals surface area contributed by atoms with Gasteiger partial charge in [0.25, 0.3) is 0 Å². The van der Waals surface area contributed by atoms with Crippen LogP contribution in [0, 0.1) is 0 Å². The molecule has 0 fully saturated rings. The number of rotatable bonds is 8. The number of carbonyl (C=O) groups excluding carboxylic acids is 1. The lowest BCUT2D eigenvalue weighted by atomic mass is 10.1.